The van der Waals surface area contributed by atoms with Crippen molar-refractivity contribution in [2.24, 2.45) is 7.05 Å². The minimum Gasteiger partial charge on any atom is -0.472 e. The molecular weight excluding hydrogens is 672 g/mol. The van der Waals surface area contributed by atoms with Crippen LogP contribution in [0.1, 0.15) is 39.1 Å². The van der Waals surface area contributed by atoms with E-state index in [9.17, 15) is 9.59 Å². The molecule has 3 aromatic carbocycles. The van der Waals surface area contributed by atoms with Crippen molar-refractivity contribution in [1.29, 1.82) is 0 Å². The summed E-state index contributed by atoms with van der Waals surface area (Å²) in [6.07, 6.45) is 5.27. The Balaban J connectivity index is 1.10. The van der Waals surface area contributed by atoms with Gasteiger partial charge in [-0.05, 0) is 48.7 Å². The lowest BCUT2D eigenvalue weighted by Crippen LogP contribution is -2.46. The van der Waals surface area contributed by atoms with Crippen LogP contribution in [-0.4, -0.2) is 70.7 Å². The van der Waals surface area contributed by atoms with E-state index in [0.717, 1.165) is 29.4 Å². The number of hydrogen-bond donors (Lipinski definition) is 0. The Kier molecular flexibility index (Phi) is 7.93. The lowest BCUT2D eigenvalue weighted by atomic mass is 9.96. The molecule has 0 aliphatic carbocycles. The van der Waals surface area contributed by atoms with Crippen molar-refractivity contribution in [3.05, 3.63) is 93.5 Å². The predicted molar refractivity (Wildman–Crippen MR) is 183 cm³/mol. The number of aromatic nitrogens is 3. The zero-order chi connectivity index (χ0) is 34.0. The van der Waals surface area contributed by atoms with Crippen molar-refractivity contribution in [2.45, 2.75) is 31.5 Å². The number of amides is 1. The molecule has 1 amide bonds. The van der Waals surface area contributed by atoms with Crippen molar-refractivity contribution in [3.63, 3.8) is 0 Å². The average Bonchev–Trinajstić information content (AvgIpc) is 3.60. The lowest BCUT2D eigenvalue weighted by molar-refractivity contribution is 0.0515. The van der Waals surface area contributed by atoms with Gasteiger partial charge in [0.05, 0.1) is 72.0 Å². The first-order chi connectivity index (χ1) is 23.7. The zero-order valence-electron chi connectivity index (χ0n) is 26.6. The molecule has 2 saturated heterocycles. The second kappa shape index (κ2) is 12.3. The first kappa shape index (κ1) is 31.6. The van der Waals surface area contributed by atoms with Crippen LogP contribution in [0.3, 0.4) is 0 Å². The lowest BCUT2D eigenvalue weighted by Gasteiger charge is -2.37. The maximum absolute atomic E-state index is 15.9. The smallest absolute Gasteiger partial charge is 0.340 e. The van der Waals surface area contributed by atoms with E-state index in [0.29, 0.717) is 41.3 Å². The Morgan fingerprint density at radius 1 is 0.980 bits per heavy atom. The number of carbonyl (C=O) groups is 2. The molecule has 8 rings (SSSR count). The summed E-state index contributed by atoms with van der Waals surface area (Å²) in [7, 11) is 3.11. The largest absolute Gasteiger partial charge is 0.472 e. The van der Waals surface area contributed by atoms with E-state index in [1.165, 1.54) is 18.1 Å². The van der Waals surface area contributed by atoms with E-state index >= 15 is 4.39 Å². The molecule has 49 heavy (non-hydrogen) atoms. The number of methoxy groups -OCH3 is 1. The number of anilines is 1. The summed E-state index contributed by atoms with van der Waals surface area (Å²) in [5.74, 6) is -1.14. The van der Waals surface area contributed by atoms with Crippen molar-refractivity contribution in [2.75, 3.05) is 32.0 Å². The second-order valence-electron chi connectivity index (χ2n) is 12.5. The summed E-state index contributed by atoms with van der Waals surface area (Å²) in [6.45, 7) is 1.14. The monoisotopic (exact) mass is 701 g/mol. The quantitative estimate of drug-likeness (QED) is 0.183. The van der Waals surface area contributed by atoms with Gasteiger partial charge in [0.15, 0.2) is 12.4 Å². The zero-order valence-corrected chi connectivity index (χ0v) is 28.1. The third kappa shape index (κ3) is 5.36. The number of para-hydroxylation sites is 1. The van der Waals surface area contributed by atoms with Gasteiger partial charge in [-0.15, -0.1) is 0 Å². The van der Waals surface area contributed by atoms with E-state index in [1.54, 1.807) is 47.4 Å². The molecule has 0 saturated carbocycles. The second-order valence-corrected chi connectivity index (χ2v) is 13.3. The summed E-state index contributed by atoms with van der Waals surface area (Å²) < 4.78 is 34.6. The van der Waals surface area contributed by atoms with Crippen LogP contribution in [0.4, 0.5) is 10.1 Å². The number of esters is 1. The SMILES string of the molecule is COC(=O)c1cc(F)c(-c2cccc3c2OCN(C(=O)c2c(Cl)cc(-c4cnc5c(cnn5C)c4)cc2Cl)C3)cc1N1C2CCC1COC2. The van der Waals surface area contributed by atoms with Crippen LogP contribution in [-0.2, 0) is 23.1 Å². The summed E-state index contributed by atoms with van der Waals surface area (Å²) in [5, 5.41) is 5.48. The van der Waals surface area contributed by atoms with Crippen LogP contribution in [0.2, 0.25) is 10.0 Å². The number of fused-ring (bicyclic) bond motifs is 4. The summed E-state index contributed by atoms with van der Waals surface area (Å²) in [5.41, 5.74) is 4.63. The normalized spacial score (nSPS) is 18.4. The van der Waals surface area contributed by atoms with Gasteiger partial charge in [-0.1, -0.05) is 41.4 Å². The van der Waals surface area contributed by atoms with Gasteiger partial charge >= 0.3 is 5.97 Å². The number of ether oxygens (including phenoxy) is 3. The van der Waals surface area contributed by atoms with Gasteiger partial charge in [0.25, 0.3) is 5.91 Å². The van der Waals surface area contributed by atoms with Crippen LogP contribution in [0.5, 0.6) is 5.75 Å². The number of benzene rings is 3. The molecule has 2 unspecified atom stereocenters. The van der Waals surface area contributed by atoms with Crippen molar-refractivity contribution < 1.29 is 28.2 Å². The number of hydrogen-bond acceptors (Lipinski definition) is 8. The molecule has 2 aromatic heterocycles. The van der Waals surface area contributed by atoms with Crippen LogP contribution < -0.4 is 9.64 Å². The highest BCUT2D eigenvalue weighted by Gasteiger charge is 2.40. The highest BCUT2D eigenvalue weighted by atomic mass is 35.5. The van der Waals surface area contributed by atoms with Gasteiger partial charge in [0.2, 0.25) is 0 Å². The Morgan fingerprint density at radius 2 is 1.73 bits per heavy atom. The topological polar surface area (TPSA) is 99.0 Å². The molecule has 2 bridgehead atoms. The number of pyridine rings is 1. The van der Waals surface area contributed by atoms with Crippen molar-refractivity contribution >= 4 is 51.8 Å². The number of aryl methyl sites for hydroxylation is 1. The minimum atomic E-state index is -0.608. The molecule has 3 aliphatic rings. The van der Waals surface area contributed by atoms with Crippen LogP contribution in [0.15, 0.2) is 60.9 Å². The van der Waals surface area contributed by atoms with Gasteiger partial charge in [0, 0.05) is 40.9 Å². The number of halogens is 3. The molecular formula is C36H30Cl2FN5O5. The van der Waals surface area contributed by atoms with Gasteiger partial charge in [-0.2, -0.15) is 5.10 Å². The standard InChI is InChI=1S/C36H30Cl2FN5O5/c1-42-34-22(14-41-42)8-21(13-40-34)20-9-28(37)32(29(38)10-20)35(45)43-15-19-4-3-5-25(33(19)49-18-43)26-12-31(27(11-30(26)39)36(46)47-2)44-23-6-7-24(44)17-48-16-23/h3-5,8-14,23-24H,6-7,15-18H2,1-2H3. The molecule has 0 N–H and O–H groups in total. The highest BCUT2D eigenvalue weighted by Crippen LogP contribution is 2.43. The molecule has 10 nitrogen and oxygen atoms in total. The Bertz CT molecular complexity index is 2130. The predicted octanol–water partition coefficient (Wildman–Crippen LogP) is 6.89. The third-order valence-corrected chi connectivity index (χ3v) is 10.2. The van der Waals surface area contributed by atoms with Crippen molar-refractivity contribution in [1.82, 2.24) is 19.7 Å². The highest BCUT2D eigenvalue weighted by molar-refractivity contribution is 6.40. The summed E-state index contributed by atoms with van der Waals surface area (Å²) in [4.78, 5) is 34.8. The molecule has 0 radical (unpaired) electrons. The molecule has 2 atom stereocenters. The Hall–Kier alpha value is -4.71. The Labute approximate surface area is 290 Å². The molecule has 13 heteroatoms. The fourth-order valence-corrected chi connectivity index (χ4v) is 7.85. The molecule has 2 fully saturated rings. The van der Waals surface area contributed by atoms with Gasteiger partial charge in [-0.3, -0.25) is 9.48 Å². The van der Waals surface area contributed by atoms with Gasteiger partial charge in [-0.25, -0.2) is 14.2 Å². The maximum Gasteiger partial charge on any atom is 0.340 e. The van der Waals surface area contributed by atoms with Crippen molar-refractivity contribution in [3.8, 4) is 28.0 Å². The molecule has 5 aromatic rings. The third-order valence-electron chi connectivity index (χ3n) is 9.57. The summed E-state index contributed by atoms with van der Waals surface area (Å²) in [6, 6.07) is 13.8. The van der Waals surface area contributed by atoms with Crippen LogP contribution in [0, 0.1) is 5.82 Å². The van der Waals surface area contributed by atoms with Crippen LogP contribution >= 0.6 is 23.2 Å². The van der Waals surface area contributed by atoms with Gasteiger partial charge in [0.1, 0.15) is 11.6 Å². The van der Waals surface area contributed by atoms with E-state index in [-0.39, 0.29) is 52.1 Å². The van der Waals surface area contributed by atoms with E-state index in [2.05, 4.69) is 15.0 Å². The fourth-order valence-electron chi connectivity index (χ4n) is 7.20. The molecule has 3 aliphatic heterocycles. The number of carbonyl (C=O) groups excluding carboxylic acids is 2. The van der Waals surface area contributed by atoms with Gasteiger partial charge < -0.3 is 24.0 Å². The first-order valence-electron chi connectivity index (χ1n) is 15.8. The fraction of sp³-hybridized carbons (Fsp3) is 0.278. The minimum absolute atomic E-state index is 0.0789. The maximum atomic E-state index is 15.9. The Morgan fingerprint density at radius 3 is 2.47 bits per heavy atom. The molecule has 5 heterocycles. The van der Waals surface area contributed by atoms with Crippen LogP contribution in [0.25, 0.3) is 33.3 Å². The number of rotatable bonds is 5. The number of nitrogens with zero attached hydrogens (tertiary/aromatic N) is 5. The van der Waals surface area contributed by atoms with E-state index < -0.39 is 17.7 Å². The summed E-state index contributed by atoms with van der Waals surface area (Å²) >= 11 is 13.4. The van der Waals surface area contributed by atoms with E-state index in [4.69, 9.17) is 37.4 Å². The first-order valence-corrected chi connectivity index (χ1v) is 16.6. The van der Waals surface area contributed by atoms with E-state index in [1.807, 2.05) is 19.2 Å². The number of morpholine rings is 1. The molecule has 0 spiro atoms. The molecule has 250 valence electrons. The average molecular weight is 703 g/mol.